The topological polar surface area (TPSA) is 85.5 Å². The summed E-state index contributed by atoms with van der Waals surface area (Å²) in [7, 11) is -1.73. The third kappa shape index (κ3) is 4.33. The van der Waals surface area contributed by atoms with Crippen LogP contribution in [0.4, 0.5) is 0 Å². The van der Waals surface area contributed by atoms with Crippen molar-refractivity contribution in [2.45, 2.75) is 25.0 Å². The molecule has 1 saturated heterocycles. The molecule has 2 heterocycles. The first-order valence-electron chi connectivity index (χ1n) is 9.42. The van der Waals surface area contributed by atoms with Crippen LogP contribution in [0.1, 0.15) is 34.3 Å². The molecule has 4 rings (SSSR count). The van der Waals surface area contributed by atoms with Crippen LogP contribution in [0.25, 0.3) is 0 Å². The SMILES string of the molecule is COc1ccccc1Cc1noc(C2CN(S(=O)(=O)Cc3cccc(C)c3)C2)n1. The number of rotatable bonds is 7. The van der Waals surface area contributed by atoms with Gasteiger partial charge in [-0.15, -0.1) is 0 Å². The lowest BCUT2D eigenvalue weighted by Crippen LogP contribution is -2.48. The maximum Gasteiger partial charge on any atom is 0.232 e. The van der Waals surface area contributed by atoms with Gasteiger partial charge in [0.15, 0.2) is 5.82 Å². The van der Waals surface area contributed by atoms with Crippen LogP contribution in [-0.4, -0.2) is 43.1 Å². The first-order chi connectivity index (χ1) is 13.9. The predicted molar refractivity (Wildman–Crippen MR) is 108 cm³/mol. The number of hydrogen-bond acceptors (Lipinski definition) is 6. The Morgan fingerprint density at radius 3 is 2.72 bits per heavy atom. The Labute approximate surface area is 170 Å². The number of aryl methyl sites for hydroxylation is 1. The molecule has 1 aliphatic rings. The maximum atomic E-state index is 12.6. The van der Waals surface area contributed by atoms with Crippen molar-refractivity contribution >= 4 is 10.0 Å². The van der Waals surface area contributed by atoms with Crippen molar-refractivity contribution in [2.75, 3.05) is 20.2 Å². The van der Waals surface area contributed by atoms with Gasteiger partial charge in [0.2, 0.25) is 15.9 Å². The molecule has 8 heteroatoms. The van der Waals surface area contributed by atoms with Crippen LogP contribution in [-0.2, 0) is 22.2 Å². The van der Waals surface area contributed by atoms with Gasteiger partial charge in [0.1, 0.15) is 5.75 Å². The molecule has 1 aromatic heterocycles. The van der Waals surface area contributed by atoms with Crippen molar-refractivity contribution in [1.82, 2.24) is 14.4 Å². The highest BCUT2D eigenvalue weighted by Gasteiger charge is 2.39. The first-order valence-corrected chi connectivity index (χ1v) is 11.0. The highest BCUT2D eigenvalue weighted by atomic mass is 32.2. The minimum Gasteiger partial charge on any atom is -0.496 e. The van der Waals surface area contributed by atoms with Crippen molar-refractivity contribution < 1.29 is 17.7 Å². The zero-order chi connectivity index (χ0) is 20.4. The molecular formula is C21H23N3O4S. The van der Waals surface area contributed by atoms with Crippen LogP contribution in [0.3, 0.4) is 0 Å². The van der Waals surface area contributed by atoms with Crippen LogP contribution in [0.15, 0.2) is 53.1 Å². The summed E-state index contributed by atoms with van der Waals surface area (Å²) in [6.07, 6.45) is 0.496. The summed E-state index contributed by atoms with van der Waals surface area (Å²) in [5.41, 5.74) is 2.82. The number of ether oxygens (including phenoxy) is 1. The zero-order valence-corrected chi connectivity index (χ0v) is 17.2. The van der Waals surface area contributed by atoms with E-state index in [1.807, 2.05) is 55.5 Å². The highest BCUT2D eigenvalue weighted by molar-refractivity contribution is 7.88. The van der Waals surface area contributed by atoms with Crippen molar-refractivity contribution in [3.05, 3.63) is 76.9 Å². The molecule has 0 bridgehead atoms. The van der Waals surface area contributed by atoms with Crippen molar-refractivity contribution in [3.63, 3.8) is 0 Å². The van der Waals surface area contributed by atoms with Crippen molar-refractivity contribution in [2.24, 2.45) is 0 Å². The van der Waals surface area contributed by atoms with Crippen molar-refractivity contribution in [1.29, 1.82) is 0 Å². The van der Waals surface area contributed by atoms with E-state index in [1.165, 1.54) is 4.31 Å². The number of hydrogen-bond donors (Lipinski definition) is 0. The minimum absolute atomic E-state index is 0.00425. The monoisotopic (exact) mass is 413 g/mol. The molecule has 3 aromatic rings. The Bertz CT molecular complexity index is 1100. The van der Waals surface area contributed by atoms with E-state index in [4.69, 9.17) is 9.26 Å². The van der Waals surface area contributed by atoms with Gasteiger partial charge in [-0.2, -0.15) is 9.29 Å². The quantitative estimate of drug-likeness (QED) is 0.592. The third-order valence-electron chi connectivity index (χ3n) is 5.05. The van der Waals surface area contributed by atoms with E-state index in [-0.39, 0.29) is 11.7 Å². The smallest absolute Gasteiger partial charge is 0.232 e. The van der Waals surface area contributed by atoms with Crippen LogP contribution < -0.4 is 4.74 Å². The van der Waals surface area contributed by atoms with Crippen LogP contribution in [0, 0.1) is 6.92 Å². The third-order valence-corrected chi connectivity index (χ3v) is 6.83. The molecule has 7 nitrogen and oxygen atoms in total. The van der Waals surface area contributed by atoms with Crippen molar-refractivity contribution in [3.8, 4) is 5.75 Å². The van der Waals surface area contributed by atoms with E-state index in [1.54, 1.807) is 7.11 Å². The number of methoxy groups -OCH3 is 1. The fourth-order valence-corrected chi connectivity index (χ4v) is 5.05. The number of aromatic nitrogens is 2. The summed E-state index contributed by atoms with van der Waals surface area (Å²) in [4.78, 5) is 4.46. The van der Waals surface area contributed by atoms with Crippen LogP contribution in [0.5, 0.6) is 5.75 Å². The lowest BCUT2D eigenvalue weighted by atomic mass is 10.0. The highest BCUT2D eigenvalue weighted by Crippen LogP contribution is 2.30. The predicted octanol–water partition coefficient (Wildman–Crippen LogP) is 2.91. The number of benzene rings is 2. The lowest BCUT2D eigenvalue weighted by Gasteiger charge is -2.35. The van der Waals surface area contributed by atoms with Gasteiger partial charge in [-0.3, -0.25) is 0 Å². The molecule has 0 amide bonds. The average molecular weight is 413 g/mol. The molecule has 1 aliphatic heterocycles. The second-order valence-electron chi connectivity index (χ2n) is 7.30. The van der Waals surface area contributed by atoms with Gasteiger partial charge >= 0.3 is 0 Å². The van der Waals surface area contributed by atoms with Gasteiger partial charge in [0, 0.05) is 25.1 Å². The Morgan fingerprint density at radius 2 is 1.97 bits per heavy atom. The second kappa shape index (κ2) is 7.96. The molecule has 0 atom stereocenters. The summed E-state index contributed by atoms with van der Waals surface area (Å²) in [6, 6.07) is 15.2. The molecule has 1 fully saturated rings. The largest absolute Gasteiger partial charge is 0.496 e. The Hall–Kier alpha value is -2.71. The zero-order valence-electron chi connectivity index (χ0n) is 16.4. The molecule has 0 saturated carbocycles. The molecule has 29 heavy (non-hydrogen) atoms. The van der Waals surface area contributed by atoms with E-state index in [0.29, 0.717) is 31.2 Å². The summed E-state index contributed by atoms with van der Waals surface area (Å²) < 4.78 is 37.5. The summed E-state index contributed by atoms with van der Waals surface area (Å²) >= 11 is 0. The maximum absolute atomic E-state index is 12.6. The molecule has 152 valence electrons. The van der Waals surface area contributed by atoms with E-state index < -0.39 is 10.0 Å². The van der Waals surface area contributed by atoms with E-state index in [2.05, 4.69) is 10.1 Å². The molecule has 0 N–H and O–H groups in total. The molecule has 0 spiro atoms. The van der Waals surface area contributed by atoms with Gasteiger partial charge in [0.25, 0.3) is 0 Å². The normalized spacial score (nSPS) is 15.2. The average Bonchev–Trinajstić information content (AvgIpc) is 3.08. The Balaban J connectivity index is 1.38. The van der Waals surface area contributed by atoms with Gasteiger partial charge in [-0.1, -0.05) is 53.2 Å². The molecule has 2 aromatic carbocycles. The molecule has 0 unspecified atom stereocenters. The second-order valence-corrected chi connectivity index (χ2v) is 9.27. The molecule has 0 radical (unpaired) electrons. The number of sulfonamides is 1. The first kappa shape index (κ1) is 19.6. The summed E-state index contributed by atoms with van der Waals surface area (Å²) in [5, 5.41) is 4.04. The van der Waals surface area contributed by atoms with Gasteiger partial charge in [-0.05, 0) is 18.6 Å². The number of para-hydroxylation sites is 1. The standard InChI is InChI=1S/C21H23N3O4S/c1-15-6-5-7-16(10-15)14-29(25,26)24-12-18(13-24)21-22-20(23-28-21)11-17-8-3-4-9-19(17)27-2/h3-10,18H,11-14H2,1-2H3. The number of nitrogens with zero attached hydrogens (tertiary/aromatic N) is 3. The fourth-order valence-electron chi connectivity index (χ4n) is 3.45. The van der Waals surface area contributed by atoms with E-state index >= 15 is 0 Å². The van der Waals surface area contributed by atoms with E-state index in [9.17, 15) is 8.42 Å². The lowest BCUT2D eigenvalue weighted by molar-refractivity contribution is 0.216. The molecule has 0 aliphatic carbocycles. The van der Waals surface area contributed by atoms with Gasteiger partial charge in [-0.25, -0.2) is 8.42 Å². The van der Waals surface area contributed by atoms with E-state index in [0.717, 1.165) is 22.4 Å². The summed E-state index contributed by atoms with van der Waals surface area (Å²) in [6.45, 7) is 2.68. The van der Waals surface area contributed by atoms with Crippen LogP contribution in [0.2, 0.25) is 0 Å². The van der Waals surface area contributed by atoms with Crippen LogP contribution >= 0.6 is 0 Å². The summed E-state index contributed by atoms with van der Waals surface area (Å²) in [5.74, 6) is 1.75. The Morgan fingerprint density at radius 1 is 1.17 bits per heavy atom. The Kier molecular flexibility index (Phi) is 5.38. The van der Waals surface area contributed by atoms with Gasteiger partial charge < -0.3 is 9.26 Å². The van der Waals surface area contributed by atoms with Gasteiger partial charge in [0.05, 0.1) is 18.8 Å². The minimum atomic E-state index is -3.36. The fraction of sp³-hybridized carbons (Fsp3) is 0.333. The molecular weight excluding hydrogens is 390 g/mol.